The molecule has 3 rings (SSSR count). The quantitative estimate of drug-likeness (QED) is 0.627. The van der Waals surface area contributed by atoms with Gasteiger partial charge in [-0.3, -0.25) is 10.1 Å². The van der Waals surface area contributed by atoms with Crippen LogP contribution in [0.5, 0.6) is 11.5 Å². The molecule has 0 radical (unpaired) electrons. The third-order valence-corrected chi connectivity index (χ3v) is 4.79. The summed E-state index contributed by atoms with van der Waals surface area (Å²) in [6, 6.07) is 15.4. The van der Waals surface area contributed by atoms with Gasteiger partial charge in [-0.25, -0.2) is 4.98 Å². The van der Waals surface area contributed by atoms with Crippen molar-refractivity contribution in [2.24, 2.45) is 0 Å². The van der Waals surface area contributed by atoms with E-state index in [1.807, 2.05) is 53.9 Å². The number of thiazole rings is 1. The first-order chi connectivity index (χ1) is 13.0. The smallest absolute Gasteiger partial charge is 0.264 e. The molecule has 0 fully saturated rings. The van der Waals surface area contributed by atoms with E-state index in [2.05, 4.69) is 24.1 Å². The Morgan fingerprint density at radius 2 is 1.93 bits per heavy atom. The van der Waals surface area contributed by atoms with Gasteiger partial charge in [0.2, 0.25) is 0 Å². The van der Waals surface area contributed by atoms with Crippen LogP contribution in [-0.4, -0.2) is 24.6 Å². The van der Waals surface area contributed by atoms with E-state index in [4.69, 9.17) is 9.47 Å². The number of hydrogen-bond donors (Lipinski definition) is 1. The minimum Gasteiger partial charge on any atom is -0.497 e. The lowest BCUT2D eigenvalue weighted by atomic mass is 10.0. The maximum absolute atomic E-state index is 12.1. The zero-order valence-electron chi connectivity index (χ0n) is 15.6. The Labute approximate surface area is 163 Å². The Morgan fingerprint density at radius 1 is 1.15 bits per heavy atom. The van der Waals surface area contributed by atoms with Crippen molar-refractivity contribution in [2.45, 2.75) is 19.8 Å². The van der Waals surface area contributed by atoms with Crippen molar-refractivity contribution in [1.29, 1.82) is 0 Å². The molecule has 6 heteroatoms. The van der Waals surface area contributed by atoms with Gasteiger partial charge in [0.1, 0.15) is 11.5 Å². The number of hydrogen-bond acceptors (Lipinski definition) is 5. The van der Waals surface area contributed by atoms with Crippen molar-refractivity contribution in [1.82, 2.24) is 4.98 Å². The summed E-state index contributed by atoms with van der Waals surface area (Å²) < 4.78 is 10.8. The van der Waals surface area contributed by atoms with Crippen LogP contribution in [0.15, 0.2) is 53.9 Å². The van der Waals surface area contributed by atoms with Gasteiger partial charge in [-0.15, -0.1) is 11.3 Å². The Hall–Kier alpha value is -2.86. The first-order valence-corrected chi connectivity index (χ1v) is 9.55. The lowest BCUT2D eigenvalue weighted by molar-refractivity contribution is -0.118. The molecule has 0 atom stereocenters. The summed E-state index contributed by atoms with van der Waals surface area (Å²) in [6.07, 6.45) is 0. The molecule has 0 aliphatic heterocycles. The van der Waals surface area contributed by atoms with E-state index in [0.717, 1.165) is 17.0 Å². The van der Waals surface area contributed by atoms with Crippen molar-refractivity contribution in [2.75, 3.05) is 19.0 Å². The van der Waals surface area contributed by atoms with Crippen LogP contribution in [0.1, 0.15) is 25.3 Å². The summed E-state index contributed by atoms with van der Waals surface area (Å²) in [5.74, 6) is 1.66. The highest BCUT2D eigenvalue weighted by molar-refractivity contribution is 7.14. The van der Waals surface area contributed by atoms with Crippen LogP contribution in [0.3, 0.4) is 0 Å². The summed E-state index contributed by atoms with van der Waals surface area (Å²) in [7, 11) is 1.63. The van der Waals surface area contributed by atoms with E-state index in [1.54, 1.807) is 7.11 Å². The number of anilines is 1. The predicted octanol–water partition coefficient (Wildman–Crippen LogP) is 4.96. The highest BCUT2D eigenvalue weighted by Gasteiger charge is 2.09. The molecule has 1 aromatic heterocycles. The summed E-state index contributed by atoms with van der Waals surface area (Å²) in [5, 5.41) is 5.23. The molecule has 5 nitrogen and oxygen atoms in total. The minimum absolute atomic E-state index is 0.0565. The maximum Gasteiger partial charge on any atom is 0.264 e. The second-order valence-electron chi connectivity index (χ2n) is 6.33. The molecule has 1 amide bonds. The normalized spacial score (nSPS) is 10.7. The van der Waals surface area contributed by atoms with Crippen molar-refractivity contribution in [3.8, 4) is 22.8 Å². The lowest BCUT2D eigenvalue weighted by Gasteiger charge is -2.09. The Bertz CT molecular complexity index is 904. The van der Waals surface area contributed by atoms with E-state index in [9.17, 15) is 4.79 Å². The van der Waals surface area contributed by atoms with E-state index < -0.39 is 0 Å². The monoisotopic (exact) mass is 382 g/mol. The van der Waals surface area contributed by atoms with E-state index in [-0.39, 0.29) is 12.5 Å². The van der Waals surface area contributed by atoms with Crippen LogP contribution in [0.2, 0.25) is 0 Å². The third kappa shape index (κ3) is 5.08. The molecular formula is C21H22N2O3S. The average Bonchev–Trinajstić information content (AvgIpc) is 3.15. The molecule has 0 spiro atoms. The summed E-state index contributed by atoms with van der Waals surface area (Å²) in [6.45, 7) is 4.18. The van der Waals surface area contributed by atoms with Gasteiger partial charge in [-0.1, -0.05) is 26.0 Å². The molecule has 0 saturated heterocycles. The molecule has 27 heavy (non-hydrogen) atoms. The summed E-state index contributed by atoms with van der Waals surface area (Å²) in [5.41, 5.74) is 2.95. The van der Waals surface area contributed by atoms with Crippen LogP contribution in [-0.2, 0) is 4.79 Å². The third-order valence-electron chi connectivity index (χ3n) is 4.03. The zero-order chi connectivity index (χ0) is 19.2. The van der Waals surface area contributed by atoms with Gasteiger partial charge in [-0.05, 0) is 47.9 Å². The molecule has 3 aromatic rings. The fourth-order valence-electron chi connectivity index (χ4n) is 2.49. The van der Waals surface area contributed by atoms with Gasteiger partial charge in [0.05, 0.1) is 12.8 Å². The second kappa shape index (κ2) is 8.68. The number of carbonyl (C=O) groups excluding carboxylic acids is 1. The standard InChI is InChI=1S/C21H22N2O3S/c1-14(2)16-5-4-6-18(11-16)26-12-20(24)23-21-22-19(13-27-21)15-7-9-17(25-3)10-8-15/h4-11,13-14H,12H2,1-3H3,(H,22,23,24). The number of nitrogens with zero attached hydrogens (tertiary/aromatic N) is 1. The molecule has 1 N–H and O–H groups in total. The van der Waals surface area contributed by atoms with Crippen molar-refractivity contribution < 1.29 is 14.3 Å². The van der Waals surface area contributed by atoms with E-state index in [1.165, 1.54) is 16.9 Å². The molecule has 0 unspecified atom stereocenters. The SMILES string of the molecule is COc1ccc(-c2csc(NC(=O)COc3cccc(C(C)C)c3)n2)cc1. The number of aromatic nitrogens is 1. The maximum atomic E-state index is 12.1. The lowest BCUT2D eigenvalue weighted by Crippen LogP contribution is -2.20. The topological polar surface area (TPSA) is 60.5 Å². The van der Waals surface area contributed by atoms with Crippen molar-refractivity contribution >= 4 is 22.4 Å². The Balaban J connectivity index is 1.57. The Morgan fingerprint density at radius 3 is 2.63 bits per heavy atom. The average molecular weight is 382 g/mol. The molecule has 140 valence electrons. The first kappa shape index (κ1) is 18.9. The first-order valence-electron chi connectivity index (χ1n) is 8.67. The van der Waals surface area contributed by atoms with Gasteiger partial charge in [0.15, 0.2) is 11.7 Å². The van der Waals surface area contributed by atoms with Crippen LogP contribution >= 0.6 is 11.3 Å². The van der Waals surface area contributed by atoms with Crippen molar-refractivity contribution in [3.05, 3.63) is 59.5 Å². The Kier molecular flexibility index (Phi) is 6.08. The molecule has 1 heterocycles. The fourth-order valence-corrected chi connectivity index (χ4v) is 3.23. The van der Waals surface area contributed by atoms with Crippen LogP contribution in [0.25, 0.3) is 11.3 Å². The molecular weight excluding hydrogens is 360 g/mol. The number of ether oxygens (including phenoxy) is 2. The fraction of sp³-hybridized carbons (Fsp3) is 0.238. The van der Waals surface area contributed by atoms with Crippen LogP contribution in [0.4, 0.5) is 5.13 Å². The molecule has 0 bridgehead atoms. The number of amides is 1. The van der Waals surface area contributed by atoms with Crippen LogP contribution < -0.4 is 14.8 Å². The van der Waals surface area contributed by atoms with Gasteiger partial charge in [-0.2, -0.15) is 0 Å². The number of nitrogens with one attached hydrogen (secondary N) is 1. The molecule has 0 saturated carbocycles. The van der Waals surface area contributed by atoms with Gasteiger partial charge in [0.25, 0.3) is 5.91 Å². The van der Waals surface area contributed by atoms with Gasteiger partial charge in [0, 0.05) is 10.9 Å². The predicted molar refractivity (Wildman–Crippen MR) is 109 cm³/mol. The van der Waals surface area contributed by atoms with E-state index >= 15 is 0 Å². The zero-order valence-corrected chi connectivity index (χ0v) is 16.4. The highest BCUT2D eigenvalue weighted by atomic mass is 32.1. The highest BCUT2D eigenvalue weighted by Crippen LogP contribution is 2.26. The van der Waals surface area contributed by atoms with Gasteiger partial charge < -0.3 is 9.47 Å². The largest absolute Gasteiger partial charge is 0.497 e. The number of carbonyl (C=O) groups is 1. The number of benzene rings is 2. The molecule has 2 aromatic carbocycles. The summed E-state index contributed by atoms with van der Waals surface area (Å²) >= 11 is 1.38. The van der Waals surface area contributed by atoms with Gasteiger partial charge >= 0.3 is 0 Å². The summed E-state index contributed by atoms with van der Waals surface area (Å²) in [4.78, 5) is 16.6. The van der Waals surface area contributed by atoms with Crippen LogP contribution in [0, 0.1) is 0 Å². The number of methoxy groups -OCH3 is 1. The number of rotatable bonds is 7. The molecule has 0 aliphatic carbocycles. The minimum atomic E-state index is -0.236. The van der Waals surface area contributed by atoms with E-state index in [0.29, 0.717) is 16.8 Å². The molecule has 0 aliphatic rings. The van der Waals surface area contributed by atoms with Crippen molar-refractivity contribution in [3.63, 3.8) is 0 Å². The second-order valence-corrected chi connectivity index (χ2v) is 7.19.